The molecule has 2 aromatic rings. The van der Waals surface area contributed by atoms with Crippen LogP contribution in [0.25, 0.3) is 5.82 Å². The van der Waals surface area contributed by atoms with E-state index in [2.05, 4.69) is 16.5 Å². The molecule has 0 amide bonds. The Kier molecular flexibility index (Phi) is 2.93. The molecule has 2 rings (SSSR count). The first-order valence-corrected chi connectivity index (χ1v) is 4.80. The molecule has 0 aromatic carbocycles. The number of hydrogen-bond acceptors (Lipinski definition) is 2. The number of allylic oxidation sites excluding steroid dienone is 1. The van der Waals surface area contributed by atoms with Crippen molar-refractivity contribution >= 4 is 0 Å². The van der Waals surface area contributed by atoms with Crippen molar-refractivity contribution in [3.63, 3.8) is 0 Å². The fourth-order valence-corrected chi connectivity index (χ4v) is 1.34. The van der Waals surface area contributed by atoms with Crippen LogP contribution in [0.1, 0.15) is 12.2 Å². The molecule has 2 heterocycles. The molecule has 0 N–H and O–H groups in total. The molecule has 75 valence electrons. The quantitative estimate of drug-likeness (QED) is 0.706. The van der Waals surface area contributed by atoms with Crippen LogP contribution in [-0.2, 0) is 0 Å². The van der Waals surface area contributed by atoms with E-state index in [1.54, 1.807) is 12.4 Å². The molecule has 0 atom stereocenters. The molecule has 0 spiro atoms. The summed E-state index contributed by atoms with van der Waals surface area (Å²) in [7, 11) is 0. The summed E-state index contributed by atoms with van der Waals surface area (Å²) in [6.07, 6.45) is 10.1. The van der Waals surface area contributed by atoms with Gasteiger partial charge in [0, 0.05) is 25.0 Å². The van der Waals surface area contributed by atoms with Crippen molar-refractivity contribution in [3.8, 4) is 5.82 Å². The Bertz CT molecular complexity index is 431. The van der Waals surface area contributed by atoms with Gasteiger partial charge >= 0.3 is 0 Å². The van der Waals surface area contributed by atoms with Gasteiger partial charge in [-0.05, 0) is 18.6 Å². The zero-order chi connectivity index (χ0) is 10.5. The van der Waals surface area contributed by atoms with Crippen LogP contribution >= 0.6 is 0 Å². The van der Waals surface area contributed by atoms with Gasteiger partial charge in [-0.2, -0.15) is 0 Å². The minimum absolute atomic E-state index is 0.809. The molecule has 0 unspecified atom stereocenters. The molecular weight excluding hydrogens is 186 g/mol. The summed E-state index contributed by atoms with van der Waals surface area (Å²) in [5.41, 5.74) is 0. The molecule has 0 saturated carbocycles. The van der Waals surface area contributed by atoms with Gasteiger partial charge in [0.15, 0.2) is 0 Å². The van der Waals surface area contributed by atoms with Gasteiger partial charge in [-0.3, -0.25) is 4.57 Å². The zero-order valence-electron chi connectivity index (χ0n) is 8.37. The molecule has 0 aliphatic heterocycles. The number of hydrogen-bond donors (Lipinski definition) is 0. The first-order chi connectivity index (χ1) is 7.42. The standard InChI is InChI=1S/C12H12N3/c1-2-3-6-11-14-9-10-15(11)12-7-4-5-8-13-12/h2,4-10H,1,3H2. The third-order valence-electron chi connectivity index (χ3n) is 2.03. The van der Waals surface area contributed by atoms with Crippen LogP contribution in [0.4, 0.5) is 0 Å². The fourth-order valence-electron chi connectivity index (χ4n) is 1.34. The summed E-state index contributed by atoms with van der Waals surface area (Å²) in [6, 6.07) is 5.81. The maximum Gasteiger partial charge on any atom is 0.137 e. The molecular formula is C12H12N3. The van der Waals surface area contributed by atoms with E-state index in [-0.39, 0.29) is 0 Å². The monoisotopic (exact) mass is 198 g/mol. The number of rotatable bonds is 4. The van der Waals surface area contributed by atoms with Crippen molar-refractivity contribution in [1.29, 1.82) is 0 Å². The van der Waals surface area contributed by atoms with Gasteiger partial charge in [0.1, 0.15) is 11.6 Å². The molecule has 3 nitrogen and oxygen atoms in total. The Hall–Kier alpha value is -1.90. The summed E-state index contributed by atoms with van der Waals surface area (Å²) < 4.78 is 1.95. The lowest BCUT2D eigenvalue weighted by Crippen LogP contribution is -2.00. The Morgan fingerprint density at radius 3 is 2.93 bits per heavy atom. The van der Waals surface area contributed by atoms with Crippen LogP contribution in [0.5, 0.6) is 0 Å². The summed E-state index contributed by atoms with van der Waals surface area (Å²) in [6.45, 7) is 3.68. The van der Waals surface area contributed by atoms with Crippen LogP contribution in [0.2, 0.25) is 0 Å². The summed E-state index contributed by atoms with van der Waals surface area (Å²) in [5.74, 6) is 1.78. The third-order valence-corrected chi connectivity index (χ3v) is 2.03. The van der Waals surface area contributed by atoms with Crippen LogP contribution in [0.3, 0.4) is 0 Å². The molecule has 3 heteroatoms. The number of pyridine rings is 1. The molecule has 2 aromatic heterocycles. The first kappa shape index (κ1) is 9.65. The van der Waals surface area contributed by atoms with E-state index in [0.29, 0.717) is 0 Å². The Morgan fingerprint density at radius 1 is 1.27 bits per heavy atom. The van der Waals surface area contributed by atoms with Crippen LogP contribution in [-0.4, -0.2) is 14.5 Å². The number of aromatic nitrogens is 3. The highest BCUT2D eigenvalue weighted by molar-refractivity contribution is 5.26. The number of imidazole rings is 1. The predicted molar refractivity (Wildman–Crippen MR) is 59.6 cm³/mol. The van der Waals surface area contributed by atoms with Crippen LogP contribution < -0.4 is 0 Å². The van der Waals surface area contributed by atoms with E-state index in [9.17, 15) is 0 Å². The van der Waals surface area contributed by atoms with Crippen molar-refractivity contribution in [2.75, 3.05) is 0 Å². The van der Waals surface area contributed by atoms with Crippen molar-refractivity contribution in [3.05, 3.63) is 61.7 Å². The molecule has 0 saturated heterocycles. The minimum Gasteiger partial charge on any atom is -0.288 e. The van der Waals surface area contributed by atoms with E-state index >= 15 is 0 Å². The maximum absolute atomic E-state index is 4.27. The topological polar surface area (TPSA) is 30.7 Å². The smallest absolute Gasteiger partial charge is 0.137 e. The van der Waals surface area contributed by atoms with Crippen LogP contribution in [0.15, 0.2) is 49.4 Å². The van der Waals surface area contributed by atoms with E-state index in [0.717, 1.165) is 18.1 Å². The fraction of sp³-hybridized carbons (Fsp3) is 0.0833. The van der Waals surface area contributed by atoms with Gasteiger partial charge in [-0.1, -0.05) is 12.1 Å². The third kappa shape index (κ3) is 2.13. The average molecular weight is 198 g/mol. The largest absolute Gasteiger partial charge is 0.288 e. The second-order valence-corrected chi connectivity index (χ2v) is 3.07. The SMILES string of the molecule is C=CC[CH]c1nccn1-c1ccccn1. The van der Waals surface area contributed by atoms with Crippen molar-refractivity contribution < 1.29 is 0 Å². The minimum atomic E-state index is 0.809. The Morgan fingerprint density at radius 2 is 2.20 bits per heavy atom. The van der Waals surface area contributed by atoms with Crippen LogP contribution in [0, 0.1) is 6.42 Å². The van der Waals surface area contributed by atoms with Gasteiger partial charge in [0.2, 0.25) is 0 Å². The van der Waals surface area contributed by atoms with Gasteiger partial charge in [-0.15, -0.1) is 6.58 Å². The van der Waals surface area contributed by atoms with Gasteiger partial charge in [0.05, 0.1) is 0 Å². The maximum atomic E-state index is 4.27. The van der Waals surface area contributed by atoms with E-state index < -0.39 is 0 Å². The molecule has 1 radical (unpaired) electrons. The molecule has 15 heavy (non-hydrogen) atoms. The molecule has 0 aliphatic carbocycles. The van der Waals surface area contributed by atoms with Crippen molar-refractivity contribution in [2.24, 2.45) is 0 Å². The Labute approximate surface area is 89.1 Å². The summed E-state index contributed by atoms with van der Waals surface area (Å²) in [4.78, 5) is 8.52. The van der Waals surface area contributed by atoms with Gasteiger partial charge in [-0.25, -0.2) is 9.97 Å². The average Bonchev–Trinajstić information content (AvgIpc) is 2.75. The van der Waals surface area contributed by atoms with Gasteiger partial charge < -0.3 is 0 Å². The van der Waals surface area contributed by atoms with Gasteiger partial charge in [0.25, 0.3) is 0 Å². The first-order valence-electron chi connectivity index (χ1n) is 4.80. The summed E-state index contributed by atoms with van der Waals surface area (Å²) in [5, 5.41) is 0. The molecule has 0 bridgehead atoms. The highest BCUT2D eigenvalue weighted by Crippen LogP contribution is 2.10. The zero-order valence-corrected chi connectivity index (χ0v) is 8.37. The second-order valence-electron chi connectivity index (χ2n) is 3.07. The normalized spacial score (nSPS) is 10.1. The lowest BCUT2D eigenvalue weighted by Gasteiger charge is -2.04. The van der Waals surface area contributed by atoms with E-state index in [4.69, 9.17) is 0 Å². The van der Waals surface area contributed by atoms with E-state index in [1.165, 1.54) is 0 Å². The lowest BCUT2D eigenvalue weighted by atomic mass is 10.3. The van der Waals surface area contributed by atoms with Crippen molar-refractivity contribution in [2.45, 2.75) is 6.42 Å². The highest BCUT2D eigenvalue weighted by Gasteiger charge is 2.04. The number of nitrogens with zero attached hydrogens (tertiary/aromatic N) is 3. The molecule has 0 fully saturated rings. The predicted octanol–water partition coefficient (Wildman–Crippen LogP) is 2.40. The lowest BCUT2D eigenvalue weighted by molar-refractivity contribution is 0.927. The Balaban J connectivity index is 2.29. The summed E-state index contributed by atoms with van der Waals surface area (Å²) >= 11 is 0. The second kappa shape index (κ2) is 4.55. The van der Waals surface area contributed by atoms with Crippen molar-refractivity contribution in [1.82, 2.24) is 14.5 Å². The highest BCUT2D eigenvalue weighted by atomic mass is 15.1. The van der Waals surface area contributed by atoms with E-state index in [1.807, 2.05) is 41.5 Å². The molecule has 0 aliphatic rings.